The van der Waals surface area contributed by atoms with Gasteiger partial charge in [0.25, 0.3) is 0 Å². The van der Waals surface area contributed by atoms with Crippen LogP contribution in [0.1, 0.15) is 29.3 Å². The molecule has 1 amide bonds. The molecule has 0 unspecified atom stereocenters. The van der Waals surface area contributed by atoms with Crippen LogP contribution in [0.2, 0.25) is 0 Å². The lowest BCUT2D eigenvalue weighted by Crippen LogP contribution is -2.08. The van der Waals surface area contributed by atoms with Crippen LogP contribution < -0.4 is 5.32 Å². The van der Waals surface area contributed by atoms with E-state index in [2.05, 4.69) is 5.32 Å². The molecule has 78 valence electrons. The second-order valence-corrected chi connectivity index (χ2v) is 3.59. The van der Waals surface area contributed by atoms with Gasteiger partial charge in [0.15, 0.2) is 5.78 Å². The molecule has 0 saturated carbocycles. The fourth-order valence-corrected chi connectivity index (χ4v) is 1.75. The van der Waals surface area contributed by atoms with E-state index >= 15 is 0 Å². The van der Waals surface area contributed by atoms with Gasteiger partial charge in [-0.05, 0) is 24.1 Å². The molecule has 2 rings (SSSR count). The minimum atomic E-state index is -0.556. The molecule has 0 radical (unpaired) electrons. The number of halogens is 1. The van der Waals surface area contributed by atoms with E-state index < -0.39 is 5.82 Å². The lowest BCUT2D eigenvalue weighted by molar-refractivity contribution is -0.114. The van der Waals surface area contributed by atoms with Crippen LogP contribution in [0.25, 0.3) is 0 Å². The van der Waals surface area contributed by atoms with Gasteiger partial charge in [0.1, 0.15) is 5.82 Å². The standard InChI is InChI=1S/C11H10FNO2/c1-6(14)13-10-4-7-2-3-11(15)8(7)5-9(10)12/h4-5H,2-3H2,1H3,(H,13,14). The summed E-state index contributed by atoms with van der Waals surface area (Å²) in [6.45, 7) is 1.32. The number of ketones is 1. The quantitative estimate of drug-likeness (QED) is 0.764. The second-order valence-electron chi connectivity index (χ2n) is 3.59. The first-order valence-corrected chi connectivity index (χ1v) is 4.71. The summed E-state index contributed by atoms with van der Waals surface area (Å²) in [4.78, 5) is 22.1. The number of Topliss-reactive ketones (excluding diaryl/α,β-unsaturated/α-hetero) is 1. The highest BCUT2D eigenvalue weighted by Gasteiger charge is 2.21. The van der Waals surface area contributed by atoms with Crippen molar-refractivity contribution in [3.05, 3.63) is 29.1 Å². The number of hydrogen-bond acceptors (Lipinski definition) is 2. The van der Waals surface area contributed by atoms with Gasteiger partial charge in [-0.3, -0.25) is 9.59 Å². The highest BCUT2D eigenvalue weighted by Crippen LogP contribution is 2.27. The van der Waals surface area contributed by atoms with Crippen LogP contribution in [-0.2, 0) is 11.2 Å². The zero-order valence-electron chi connectivity index (χ0n) is 8.26. The molecule has 0 aromatic heterocycles. The predicted octanol–water partition coefficient (Wildman–Crippen LogP) is 1.91. The highest BCUT2D eigenvalue weighted by atomic mass is 19.1. The summed E-state index contributed by atoms with van der Waals surface area (Å²) in [7, 11) is 0. The smallest absolute Gasteiger partial charge is 0.221 e. The molecule has 1 aliphatic rings. The third-order valence-electron chi connectivity index (χ3n) is 2.43. The summed E-state index contributed by atoms with van der Waals surface area (Å²) in [6.07, 6.45) is 1.05. The number of amides is 1. The van der Waals surface area contributed by atoms with Crippen molar-refractivity contribution < 1.29 is 14.0 Å². The second kappa shape index (κ2) is 3.46. The van der Waals surface area contributed by atoms with Gasteiger partial charge < -0.3 is 5.32 Å². The van der Waals surface area contributed by atoms with Crippen LogP contribution in [0.4, 0.5) is 10.1 Å². The summed E-state index contributed by atoms with van der Waals surface area (Å²) in [5, 5.41) is 2.39. The number of hydrogen-bond donors (Lipinski definition) is 1. The molecule has 1 aromatic rings. The maximum atomic E-state index is 13.4. The summed E-state index contributed by atoms with van der Waals surface area (Å²) in [5.74, 6) is -0.907. The molecular formula is C11H10FNO2. The summed E-state index contributed by atoms with van der Waals surface area (Å²) in [5.41, 5.74) is 1.41. The molecule has 0 spiro atoms. The van der Waals surface area contributed by atoms with E-state index in [0.29, 0.717) is 18.4 Å². The molecule has 0 atom stereocenters. The fraction of sp³-hybridized carbons (Fsp3) is 0.273. The monoisotopic (exact) mass is 207 g/mol. The number of carbonyl (C=O) groups excluding carboxylic acids is 2. The molecule has 0 bridgehead atoms. The Balaban J connectivity index is 2.44. The number of benzene rings is 1. The molecule has 1 N–H and O–H groups in total. The van der Waals surface area contributed by atoms with Crippen LogP contribution in [-0.4, -0.2) is 11.7 Å². The number of fused-ring (bicyclic) bond motifs is 1. The largest absolute Gasteiger partial charge is 0.324 e. The minimum absolute atomic E-state index is 0.0294. The molecular weight excluding hydrogens is 197 g/mol. The van der Waals surface area contributed by atoms with Crippen LogP contribution in [0.5, 0.6) is 0 Å². The van der Waals surface area contributed by atoms with E-state index in [-0.39, 0.29) is 17.4 Å². The highest BCUT2D eigenvalue weighted by molar-refractivity contribution is 6.01. The van der Waals surface area contributed by atoms with Gasteiger partial charge in [0.05, 0.1) is 5.69 Å². The number of nitrogens with one attached hydrogen (secondary N) is 1. The van der Waals surface area contributed by atoms with Crippen LogP contribution in [0.3, 0.4) is 0 Å². The molecule has 1 aliphatic carbocycles. The first kappa shape index (κ1) is 9.83. The molecule has 3 nitrogen and oxygen atoms in total. The van der Waals surface area contributed by atoms with Gasteiger partial charge in [0, 0.05) is 18.9 Å². The maximum absolute atomic E-state index is 13.4. The van der Waals surface area contributed by atoms with Crippen molar-refractivity contribution in [1.29, 1.82) is 0 Å². The Labute approximate surface area is 86.3 Å². The van der Waals surface area contributed by atoms with Gasteiger partial charge >= 0.3 is 0 Å². The summed E-state index contributed by atoms with van der Waals surface area (Å²) < 4.78 is 13.4. The van der Waals surface area contributed by atoms with E-state index in [9.17, 15) is 14.0 Å². The van der Waals surface area contributed by atoms with Crippen molar-refractivity contribution >= 4 is 17.4 Å². The number of carbonyl (C=O) groups is 2. The third kappa shape index (κ3) is 1.75. The molecule has 4 heteroatoms. The van der Waals surface area contributed by atoms with Crippen LogP contribution >= 0.6 is 0 Å². The number of rotatable bonds is 1. The maximum Gasteiger partial charge on any atom is 0.221 e. The topological polar surface area (TPSA) is 46.2 Å². The third-order valence-corrected chi connectivity index (χ3v) is 2.43. The summed E-state index contributed by atoms with van der Waals surface area (Å²) in [6, 6.07) is 2.74. The van der Waals surface area contributed by atoms with Crippen LogP contribution in [0.15, 0.2) is 12.1 Å². The Hall–Kier alpha value is -1.71. The zero-order chi connectivity index (χ0) is 11.0. The van der Waals surface area contributed by atoms with Crippen LogP contribution in [0, 0.1) is 5.82 Å². The molecule has 0 saturated heterocycles. The van der Waals surface area contributed by atoms with Crippen molar-refractivity contribution in [3.63, 3.8) is 0 Å². The van der Waals surface area contributed by atoms with E-state index in [1.54, 1.807) is 0 Å². The van der Waals surface area contributed by atoms with Gasteiger partial charge in [-0.25, -0.2) is 4.39 Å². The van der Waals surface area contributed by atoms with Gasteiger partial charge in [-0.15, -0.1) is 0 Å². The van der Waals surface area contributed by atoms with E-state index in [4.69, 9.17) is 0 Å². The van der Waals surface area contributed by atoms with Gasteiger partial charge in [-0.1, -0.05) is 0 Å². The first-order chi connectivity index (χ1) is 7.08. The van der Waals surface area contributed by atoms with E-state index in [1.807, 2.05) is 0 Å². The Kier molecular flexibility index (Phi) is 2.26. The van der Waals surface area contributed by atoms with Crippen molar-refractivity contribution in [3.8, 4) is 0 Å². The Morgan fingerprint density at radius 1 is 1.40 bits per heavy atom. The Bertz CT molecular complexity index is 454. The van der Waals surface area contributed by atoms with Gasteiger partial charge in [-0.2, -0.15) is 0 Å². The average molecular weight is 207 g/mol. The van der Waals surface area contributed by atoms with Crippen molar-refractivity contribution in [2.24, 2.45) is 0 Å². The Morgan fingerprint density at radius 3 is 2.80 bits per heavy atom. The zero-order valence-corrected chi connectivity index (χ0v) is 8.26. The molecule has 0 heterocycles. The number of aryl methyl sites for hydroxylation is 1. The fourth-order valence-electron chi connectivity index (χ4n) is 1.75. The average Bonchev–Trinajstić information content (AvgIpc) is 2.48. The molecule has 15 heavy (non-hydrogen) atoms. The van der Waals surface area contributed by atoms with Crippen molar-refractivity contribution in [2.45, 2.75) is 19.8 Å². The van der Waals surface area contributed by atoms with E-state index in [1.165, 1.54) is 19.1 Å². The summed E-state index contributed by atoms with van der Waals surface area (Å²) >= 11 is 0. The lowest BCUT2D eigenvalue weighted by Gasteiger charge is -2.06. The van der Waals surface area contributed by atoms with Crippen molar-refractivity contribution in [2.75, 3.05) is 5.32 Å². The molecule has 0 fully saturated rings. The molecule has 1 aromatic carbocycles. The van der Waals surface area contributed by atoms with Gasteiger partial charge in [0.2, 0.25) is 5.91 Å². The van der Waals surface area contributed by atoms with Crippen molar-refractivity contribution in [1.82, 2.24) is 0 Å². The predicted molar refractivity (Wildman–Crippen MR) is 53.4 cm³/mol. The normalized spacial score (nSPS) is 13.9. The first-order valence-electron chi connectivity index (χ1n) is 4.71. The Morgan fingerprint density at radius 2 is 2.13 bits per heavy atom. The number of anilines is 1. The molecule has 0 aliphatic heterocycles. The minimum Gasteiger partial charge on any atom is -0.324 e. The lowest BCUT2D eigenvalue weighted by atomic mass is 10.1. The SMILES string of the molecule is CC(=O)Nc1cc2c(cc1F)C(=O)CC2. The van der Waals surface area contributed by atoms with E-state index in [0.717, 1.165) is 5.56 Å².